The largest absolute Gasteiger partial charge is 0.396 e. The van der Waals surface area contributed by atoms with E-state index in [4.69, 9.17) is 5.73 Å². The van der Waals surface area contributed by atoms with Gasteiger partial charge in [-0.2, -0.15) is 4.98 Å². The number of anilines is 1. The lowest BCUT2D eigenvalue weighted by Gasteiger charge is -2.22. The Morgan fingerprint density at radius 3 is 3.05 bits per heavy atom. The van der Waals surface area contributed by atoms with E-state index >= 15 is 0 Å². The molecule has 1 fully saturated rings. The first kappa shape index (κ1) is 12.9. The van der Waals surface area contributed by atoms with Crippen molar-refractivity contribution < 1.29 is 10.2 Å². The number of nitrogen functional groups attached to an aromatic ring is 1. The van der Waals surface area contributed by atoms with Crippen molar-refractivity contribution in [3.63, 3.8) is 0 Å². The Morgan fingerprint density at radius 1 is 1.60 bits per heavy atom. The molecule has 3 rings (SSSR count). The third-order valence-electron chi connectivity index (χ3n) is 3.90. The molecule has 2 aromatic rings. The van der Waals surface area contributed by atoms with E-state index in [9.17, 15) is 15.0 Å². The van der Waals surface area contributed by atoms with Crippen LogP contribution in [-0.2, 0) is 0 Å². The van der Waals surface area contributed by atoms with E-state index in [-0.39, 0.29) is 30.1 Å². The fourth-order valence-electron chi connectivity index (χ4n) is 2.96. The van der Waals surface area contributed by atoms with Gasteiger partial charge < -0.3 is 20.5 Å². The minimum atomic E-state index is -0.644. The number of aliphatic hydroxyl groups excluding tert-OH is 2. The van der Waals surface area contributed by atoms with Gasteiger partial charge in [0.2, 0.25) is 5.95 Å². The SMILES string of the molecule is C=C1C[C@@H](O)[C@@H](CO)[C@@H]1n1ccc2c(=O)[nH]c(N)nc21. The molecule has 1 aliphatic rings. The molecule has 5 N–H and O–H groups in total. The second-order valence-corrected chi connectivity index (χ2v) is 5.13. The first-order valence-corrected chi connectivity index (χ1v) is 6.36. The maximum atomic E-state index is 11.8. The van der Waals surface area contributed by atoms with Gasteiger partial charge in [0.25, 0.3) is 5.56 Å². The number of aromatic nitrogens is 3. The summed E-state index contributed by atoms with van der Waals surface area (Å²) < 4.78 is 1.75. The van der Waals surface area contributed by atoms with Crippen LogP contribution in [0.25, 0.3) is 11.0 Å². The molecular weight excluding hydrogens is 260 g/mol. The summed E-state index contributed by atoms with van der Waals surface area (Å²) in [5.74, 6) is -0.326. The van der Waals surface area contributed by atoms with Gasteiger partial charge in [-0.05, 0) is 12.5 Å². The van der Waals surface area contributed by atoms with Crippen LogP contribution >= 0.6 is 0 Å². The third kappa shape index (κ3) is 1.75. The molecule has 0 bridgehead atoms. The lowest BCUT2D eigenvalue weighted by atomic mass is 10.0. The predicted octanol–water partition coefficient (Wildman–Crippen LogP) is -0.223. The van der Waals surface area contributed by atoms with E-state index in [0.29, 0.717) is 17.5 Å². The Kier molecular flexibility index (Phi) is 2.88. The quantitative estimate of drug-likeness (QED) is 0.566. The van der Waals surface area contributed by atoms with Crippen LogP contribution in [0.4, 0.5) is 5.95 Å². The summed E-state index contributed by atoms with van der Waals surface area (Å²) in [5, 5.41) is 19.9. The fraction of sp³-hybridized carbons (Fsp3) is 0.385. The molecule has 106 valence electrons. The summed E-state index contributed by atoms with van der Waals surface area (Å²) in [5.41, 5.74) is 6.51. The van der Waals surface area contributed by atoms with E-state index in [2.05, 4.69) is 16.5 Å². The Hall–Kier alpha value is -2.12. The van der Waals surface area contributed by atoms with Crippen molar-refractivity contribution in [2.24, 2.45) is 5.92 Å². The van der Waals surface area contributed by atoms with Crippen molar-refractivity contribution in [1.29, 1.82) is 0 Å². The molecule has 0 amide bonds. The van der Waals surface area contributed by atoms with Gasteiger partial charge in [0, 0.05) is 12.1 Å². The van der Waals surface area contributed by atoms with Crippen molar-refractivity contribution in [2.75, 3.05) is 12.3 Å². The molecule has 3 atom stereocenters. The molecule has 0 aromatic carbocycles. The molecule has 0 saturated heterocycles. The zero-order chi connectivity index (χ0) is 14.4. The van der Waals surface area contributed by atoms with Gasteiger partial charge in [0.1, 0.15) is 5.65 Å². The van der Waals surface area contributed by atoms with E-state index in [0.717, 1.165) is 5.57 Å². The van der Waals surface area contributed by atoms with Gasteiger partial charge in [-0.15, -0.1) is 0 Å². The van der Waals surface area contributed by atoms with E-state index < -0.39 is 6.10 Å². The lowest BCUT2D eigenvalue weighted by Crippen LogP contribution is -2.25. The van der Waals surface area contributed by atoms with Crippen molar-refractivity contribution in [3.8, 4) is 0 Å². The van der Waals surface area contributed by atoms with E-state index in [1.54, 1.807) is 16.8 Å². The van der Waals surface area contributed by atoms with Crippen molar-refractivity contribution in [3.05, 3.63) is 34.8 Å². The van der Waals surface area contributed by atoms with Crippen LogP contribution < -0.4 is 11.3 Å². The first-order valence-electron chi connectivity index (χ1n) is 6.36. The molecule has 0 aliphatic heterocycles. The summed E-state index contributed by atoms with van der Waals surface area (Å²) in [6.45, 7) is 3.79. The standard InChI is InChI=1S/C13H16N4O3/c1-6-4-9(19)8(5-18)10(6)17-3-2-7-11(17)15-13(14)16-12(7)20/h2-3,8-10,18-19H,1,4-5H2,(H3,14,15,16,20)/t8-,9-,10-/m1/s1. The minimum absolute atomic E-state index is 0.0344. The number of H-pyrrole nitrogens is 1. The highest BCUT2D eigenvalue weighted by molar-refractivity contribution is 5.76. The number of nitrogens with two attached hydrogens (primary N) is 1. The molecule has 7 heteroatoms. The normalized spacial score (nSPS) is 26.5. The minimum Gasteiger partial charge on any atom is -0.396 e. The molecule has 20 heavy (non-hydrogen) atoms. The molecular formula is C13H16N4O3. The summed E-state index contributed by atoms with van der Waals surface area (Å²) in [7, 11) is 0. The number of aliphatic hydroxyl groups is 2. The van der Waals surface area contributed by atoms with Crippen LogP contribution in [0.3, 0.4) is 0 Å². The number of hydrogen-bond donors (Lipinski definition) is 4. The highest BCUT2D eigenvalue weighted by atomic mass is 16.3. The second-order valence-electron chi connectivity index (χ2n) is 5.13. The second kappa shape index (κ2) is 4.46. The number of hydrogen-bond acceptors (Lipinski definition) is 5. The van der Waals surface area contributed by atoms with Crippen molar-refractivity contribution >= 4 is 17.0 Å². The zero-order valence-electron chi connectivity index (χ0n) is 10.8. The molecule has 1 aliphatic carbocycles. The van der Waals surface area contributed by atoms with Crippen LogP contribution in [-0.4, -0.2) is 37.5 Å². The molecule has 1 saturated carbocycles. The van der Waals surface area contributed by atoms with Gasteiger partial charge in [-0.25, -0.2) is 0 Å². The van der Waals surface area contributed by atoms with Crippen LogP contribution in [0.15, 0.2) is 29.2 Å². The third-order valence-corrected chi connectivity index (χ3v) is 3.90. The fourth-order valence-corrected chi connectivity index (χ4v) is 2.96. The Morgan fingerprint density at radius 2 is 2.35 bits per heavy atom. The summed E-state index contributed by atoms with van der Waals surface area (Å²) in [6.07, 6.45) is 1.49. The summed E-state index contributed by atoms with van der Waals surface area (Å²) >= 11 is 0. The number of rotatable bonds is 2. The highest BCUT2D eigenvalue weighted by Crippen LogP contribution is 2.40. The summed E-state index contributed by atoms with van der Waals surface area (Å²) in [4.78, 5) is 18.4. The van der Waals surface area contributed by atoms with Crippen LogP contribution in [0.1, 0.15) is 12.5 Å². The molecule has 0 spiro atoms. The maximum absolute atomic E-state index is 11.8. The smallest absolute Gasteiger partial charge is 0.261 e. The maximum Gasteiger partial charge on any atom is 0.261 e. The monoisotopic (exact) mass is 276 g/mol. The predicted molar refractivity (Wildman–Crippen MR) is 74.1 cm³/mol. The van der Waals surface area contributed by atoms with Gasteiger partial charge in [-0.3, -0.25) is 9.78 Å². The summed E-state index contributed by atoms with van der Waals surface area (Å²) in [6, 6.07) is 1.36. The molecule has 2 aromatic heterocycles. The molecule has 0 unspecified atom stereocenters. The van der Waals surface area contributed by atoms with Gasteiger partial charge in [-0.1, -0.05) is 12.2 Å². The number of nitrogens with zero attached hydrogens (tertiary/aromatic N) is 2. The first-order chi connectivity index (χ1) is 9.52. The Labute approximate surface area is 114 Å². The van der Waals surface area contributed by atoms with E-state index in [1.165, 1.54) is 0 Å². The Balaban J connectivity index is 2.19. The number of nitrogens with one attached hydrogen (secondary N) is 1. The molecule has 2 heterocycles. The average molecular weight is 276 g/mol. The van der Waals surface area contributed by atoms with E-state index in [1.807, 2.05) is 0 Å². The number of aromatic amines is 1. The van der Waals surface area contributed by atoms with Crippen molar-refractivity contribution in [1.82, 2.24) is 14.5 Å². The van der Waals surface area contributed by atoms with Gasteiger partial charge in [0.15, 0.2) is 0 Å². The average Bonchev–Trinajstić information content (AvgIpc) is 2.89. The number of fused-ring (bicyclic) bond motifs is 1. The Bertz CT molecular complexity index is 733. The topological polar surface area (TPSA) is 117 Å². The molecule has 7 nitrogen and oxygen atoms in total. The van der Waals surface area contributed by atoms with Crippen LogP contribution in [0, 0.1) is 5.92 Å². The molecule has 0 radical (unpaired) electrons. The van der Waals surface area contributed by atoms with Crippen LogP contribution in [0.5, 0.6) is 0 Å². The van der Waals surface area contributed by atoms with Gasteiger partial charge in [0.05, 0.1) is 24.1 Å². The lowest BCUT2D eigenvalue weighted by molar-refractivity contribution is 0.0750. The van der Waals surface area contributed by atoms with Crippen LogP contribution in [0.2, 0.25) is 0 Å². The zero-order valence-corrected chi connectivity index (χ0v) is 10.8. The van der Waals surface area contributed by atoms with Crippen molar-refractivity contribution in [2.45, 2.75) is 18.6 Å². The van der Waals surface area contributed by atoms with Gasteiger partial charge >= 0.3 is 0 Å². The highest BCUT2D eigenvalue weighted by Gasteiger charge is 2.39.